The zero-order chi connectivity index (χ0) is 13.5. The Kier molecular flexibility index (Phi) is 4.93. The summed E-state index contributed by atoms with van der Waals surface area (Å²) in [6, 6.07) is 18.1. The van der Waals surface area contributed by atoms with Gasteiger partial charge in [0.15, 0.2) is 0 Å². The zero-order valence-electron chi connectivity index (χ0n) is 11.1. The molecular weight excluding hydrogens is 232 g/mol. The maximum atomic E-state index is 10.3. The summed E-state index contributed by atoms with van der Waals surface area (Å²) >= 11 is 0. The van der Waals surface area contributed by atoms with Gasteiger partial charge in [0.1, 0.15) is 0 Å². The van der Waals surface area contributed by atoms with Crippen molar-refractivity contribution < 1.29 is 5.11 Å². The van der Waals surface area contributed by atoms with Crippen LogP contribution in [0.4, 0.5) is 0 Å². The lowest BCUT2D eigenvalue weighted by atomic mass is 9.95. The fourth-order valence-corrected chi connectivity index (χ4v) is 2.26. The molecule has 0 heterocycles. The number of hydrogen-bond donors (Lipinski definition) is 1. The quantitative estimate of drug-likeness (QED) is 0.768. The van der Waals surface area contributed by atoms with E-state index >= 15 is 0 Å². The van der Waals surface area contributed by atoms with Crippen molar-refractivity contribution in [3.63, 3.8) is 0 Å². The molecule has 0 bridgehead atoms. The summed E-state index contributed by atoms with van der Waals surface area (Å²) in [5.41, 5.74) is 3.50. The largest absolute Gasteiger partial charge is 0.388 e. The first-order valence-electron chi connectivity index (χ1n) is 6.72. The van der Waals surface area contributed by atoms with Crippen LogP contribution in [0.2, 0.25) is 0 Å². The van der Waals surface area contributed by atoms with E-state index in [4.69, 9.17) is 0 Å². The summed E-state index contributed by atoms with van der Waals surface area (Å²) < 4.78 is 0. The Balaban J connectivity index is 2.12. The van der Waals surface area contributed by atoms with Crippen molar-refractivity contribution in [2.24, 2.45) is 0 Å². The molecule has 0 saturated carbocycles. The molecule has 98 valence electrons. The third-order valence-corrected chi connectivity index (χ3v) is 3.33. The molecule has 2 aromatic carbocycles. The smallest absolute Gasteiger partial charge is 0.0830 e. The molecular formula is C18H20O. The van der Waals surface area contributed by atoms with Gasteiger partial charge in [0.25, 0.3) is 0 Å². The zero-order valence-corrected chi connectivity index (χ0v) is 11.1. The van der Waals surface area contributed by atoms with Crippen LogP contribution < -0.4 is 0 Å². The first-order valence-corrected chi connectivity index (χ1v) is 6.72. The van der Waals surface area contributed by atoms with Gasteiger partial charge >= 0.3 is 0 Å². The summed E-state index contributed by atoms with van der Waals surface area (Å²) in [7, 11) is 0. The number of aryl methyl sites for hydroxylation is 1. The number of hydrogen-bond acceptors (Lipinski definition) is 1. The van der Waals surface area contributed by atoms with Crippen LogP contribution in [-0.4, -0.2) is 5.11 Å². The van der Waals surface area contributed by atoms with Gasteiger partial charge in [-0.3, -0.25) is 0 Å². The summed E-state index contributed by atoms with van der Waals surface area (Å²) in [5, 5.41) is 10.3. The molecule has 0 spiro atoms. The fraction of sp³-hybridized carbons (Fsp3) is 0.222. The molecule has 0 radical (unpaired) electrons. The summed E-state index contributed by atoms with van der Waals surface area (Å²) in [4.78, 5) is 0. The first-order chi connectivity index (χ1) is 9.31. The molecule has 0 aliphatic carbocycles. The minimum atomic E-state index is -0.439. The van der Waals surface area contributed by atoms with Gasteiger partial charge in [-0.05, 0) is 29.5 Å². The maximum Gasteiger partial charge on any atom is 0.0830 e. The van der Waals surface area contributed by atoms with E-state index in [0.29, 0.717) is 6.42 Å². The van der Waals surface area contributed by atoms with E-state index in [1.54, 1.807) is 0 Å². The number of aliphatic hydroxyl groups is 1. The van der Waals surface area contributed by atoms with E-state index < -0.39 is 6.10 Å². The molecule has 0 aliphatic heterocycles. The third kappa shape index (κ3) is 3.80. The van der Waals surface area contributed by atoms with Crippen LogP contribution in [0.3, 0.4) is 0 Å². The fourth-order valence-electron chi connectivity index (χ4n) is 2.26. The van der Waals surface area contributed by atoms with Crippen molar-refractivity contribution in [1.82, 2.24) is 0 Å². The summed E-state index contributed by atoms with van der Waals surface area (Å²) in [6.07, 6.45) is 4.12. The Morgan fingerprint density at radius 3 is 2.26 bits per heavy atom. The molecule has 0 fully saturated rings. The van der Waals surface area contributed by atoms with Crippen LogP contribution in [0.25, 0.3) is 0 Å². The molecule has 2 aromatic rings. The lowest BCUT2D eigenvalue weighted by Gasteiger charge is -2.14. The van der Waals surface area contributed by atoms with E-state index in [1.165, 1.54) is 11.1 Å². The van der Waals surface area contributed by atoms with Crippen LogP contribution in [-0.2, 0) is 12.8 Å². The second-order valence-electron chi connectivity index (χ2n) is 4.73. The van der Waals surface area contributed by atoms with Crippen LogP contribution in [0, 0.1) is 0 Å². The number of rotatable bonds is 6. The Bertz CT molecular complexity index is 516. The molecule has 0 aromatic heterocycles. The van der Waals surface area contributed by atoms with Crippen LogP contribution in [0.5, 0.6) is 0 Å². The van der Waals surface area contributed by atoms with Gasteiger partial charge < -0.3 is 5.11 Å². The van der Waals surface area contributed by atoms with E-state index in [9.17, 15) is 5.11 Å². The van der Waals surface area contributed by atoms with Crippen molar-refractivity contribution in [1.29, 1.82) is 0 Å². The second kappa shape index (κ2) is 6.91. The van der Waals surface area contributed by atoms with Crippen molar-refractivity contribution in [3.05, 3.63) is 83.9 Å². The summed E-state index contributed by atoms with van der Waals surface area (Å²) in [5.74, 6) is 0. The topological polar surface area (TPSA) is 20.2 Å². The van der Waals surface area contributed by atoms with Gasteiger partial charge in [-0.15, -0.1) is 6.58 Å². The highest BCUT2D eigenvalue weighted by Gasteiger charge is 2.10. The highest BCUT2D eigenvalue weighted by atomic mass is 16.3. The van der Waals surface area contributed by atoms with Gasteiger partial charge in [-0.1, -0.05) is 60.7 Å². The van der Waals surface area contributed by atoms with Crippen LogP contribution in [0.15, 0.2) is 67.3 Å². The molecule has 0 amide bonds. The average Bonchev–Trinajstić information content (AvgIpc) is 2.47. The van der Waals surface area contributed by atoms with Crippen LogP contribution in [0.1, 0.15) is 29.2 Å². The van der Waals surface area contributed by atoms with Crippen LogP contribution >= 0.6 is 0 Å². The minimum Gasteiger partial charge on any atom is -0.388 e. The SMILES string of the molecule is C=CCCc1ccccc1CC(O)c1ccccc1. The Hall–Kier alpha value is -1.86. The number of benzene rings is 2. The van der Waals surface area contributed by atoms with Crippen molar-refractivity contribution >= 4 is 0 Å². The normalized spacial score (nSPS) is 12.1. The minimum absolute atomic E-state index is 0.439. The third-order valence-electron chi connectivity index (χ3n) is 3.33. The van der Waals surface area contributed by atoms with E-state index in [1.807, 2.05) is 42.5 Å². The van der Waals surface area contributed by atoms with E-state index in [2.05, 4.69) is 24.8 Å². The van der Waals surface area contributed by atoms with Gasteiger partial charge in [0.2, 0.25) is 0 Å². The van der Waals surface area contributed by atoms with Gasteiger partial charge in [0, 0.05) is 6.42 Å². The molecule has 0 saturated heterocycles. The Morgan fingerprint density at radius 1 is 0.947 bits per heavy atom. The maximum absolute atomic E-state index is 10.3. The molecule has 2 rings (SSSR count). The van der Waals surface area contributed by atoms with Gasteiger partial charge in [0.05, 0.1) is 6.10 Å². The number of allylic oxidation sites excluding steroid dienone is 1. The molecule has 0 aliphatic rings. The van der Waals surface area contributed by atoms with E-state index in [-0.39, 0.29) is 0 Å². The predicted octanol–water partition coefficient (Wildman–Crippen LogP) is 4.08. The molecule has 1 N–H and O–H groups in total. The molecule has 1 unspecified atom stereocenters. The lowest BCUT2D eigenvalue weighted by molar-refractivity contribution is 0.178. The Labute approximate surface area is 115 Å². The Morgan fingerprint density at radius 2 is 1.58 bits per heavy atom. The highest BCUT2D eigenvalue weighted by molar-refractivity contribution is 5.30. The van der Waals surface area contributed by atoms with Crippen molar-refractivity contribution in [2.75, 3.05) is 0 Å². The van der Waals surface area contributed by atoms with Crippen molar-refractivity contribution in [2.45, 2.75) is 25.4 Å². The standard InChI is InChI=1S/C18H20O/c1-2-3-9-15-10-7-8-13-17(15)14-18(19)16-11-5-4-6-12-16/h2,4-8,10-13,18-19H,1,3,9,14H2. The predicted molar refractivity (Wildman–Crippen MR) is 80.1 cm³/mol. The molecule has 1 atom stereocenters. The monoisotopic (exact) mass is 252 g/mol. The molecule has 19 heavy (non-hydrogen) atoms. The highest BCUT2D eigenvalue weighted by Crippen LogP contribution is 2.21. The first kappa shape index (κ1) is 13.6. The van der Waals surface area contributed by atoms with Gasteiger partial charge in [-0.25, -0.2) is 0 Å². The lowest BCUT2D eigenvalue weighted by Crippen LogP contribution is -2.04. The van der Waals surface area contributed by atoms with E-state index in [0.717, 1.165) is 18.4 Å². The second-order valence-corrected chi connectivity index (χ2v) is 4.73. The summed E-state index contributed by atoms with van der Waals surface area (Å²) in [6.45, 7) is 3.76. The van der Waals surface area contributed by atoms with Gasteiger partial charge in [-0.2, -0.15) is 0 Å². The number of aliphatic hydroxyl groups excluding tert-OH is 1. The van der Waals surface area contributed by atoms with Crippen molar-refractivity contribution in [3.8, 4) is 0 Å². The molecule has 1 nitrogen and oxygen atoms in total. The molecule has 1 heteroatoms. The average molecular weight is 252 g/mol.